The number of hydrogen-bond donors (Lipinski definition) is 1. The highest BCUT2D eigenvalue weighted by Crippen LogP contribution is 2.60. The SMILES string of the molecule is COc1cc(OC)c2c(c1)C(C(O)C=C(C)CCC1C(C)=CCC3C(C)(C)CCCC13C)CCC2=O. The van der Waals surface area contributed by atoms with Crippen LogP contribution < -0.4 is 9.47 Å². The van der Waals surface area contributed by atoms with Crippen LogP contribution >= 0.6 is 0 Å². The number of rotatable bonds is 7. The molecule has 5 atom stereocenters. The molecular formula is C32H46O4. The molecule has 1 fully saturated rings. The second-order valence-corrected chi connectivity index (χ2v) is 12.5. The minimum atomic E-state index is -0.645. The Morgan fingerprint density at radius 2 is 1.94 bits per heavy atom. The highest BCUT2D eigenvalue weighted by atomic mass is 16.5. The van der Waals surface area contributed by atoms with Crippen molar-refractivity contribution in [3.05, 3.63) is 46.6 Å². The summed E-state index contributed by atoms with van der Waals surface area (Å²) in [5.41, 5.74) is 4.97. The van der Waals surface area contributed by atoms with Crippen LogP contribution in [0.25, 0.3) is 0 Å². The fourth-order valence-corrected chi connectivity index (χ4v) is 7.96. The van der Waals surface area contributed by atoms with E-state index in [0.29, 0.717) is 46.7 Å². The maximum Gasteiger partial charge on any atom is 0.166 e. The molecule has 1 saturated carbocycles. The lowest BCUT2D eigenvalue weighted by atomic mass is 9.48. The lowest BCUT2D eigenvalue weighted by molar-refractivity contribution is -0.0390. The van der Waals surface area contributed by atoms with Crippen LogP contribution in [0.15, 0.2) is 35.4 Å². The minimum absolute atomic E-state index is 0.0754. The van der Waals surface area contributed by atoms with Crippen molar-refractivity contribution in [2.75, 3.05) is 14.2 Å². The third-order valence-electron chi connectivity index (χ3n) is 9.91. The number of aliphatic hydroxyl groups excluding tert-OH is 1. The van der Waals surface area contributed by atoms with Gasteiger partial charge in [-0.05, 0) is 86.7 Å². The first-order valence-corrected chi connectivity index (χ1v) is 13.8. The van der Waals surface area contributed by atoms with Gasteiger partial charge in [-0.25, -0.2) is 0 Å². The van der Waals surface area contributed by atoms with E-state index in [9.17, 15) is 9.90 Å². The van der Waals surface area contributed by atoms with Crippen molar-refractivity contribution < 1.29 is 19.4 Å². The second kappa shape index (κ2) is 10.4. The fourth-order valence-electron chi connectivity index (χ4n) is 7.96. The Morgan fingerprint density at radius 3 is 2.64 bits per heavy atom. The first kappa shape index (κ1) is 27.0. The summed E-state index contributed by atoms with van der Waals surface area (Å²) in [5, 5.41) is 11.3. The molecule has 198 valence electrons. The maximum absolute atomic E-state index is 12.7. The predicted octanol–water partition coefficient (Wildman–Crippen LogP) is 7.65. The molecule has 1 aromatic rings. The molecule has 36 heavy (non-hydrogen) atoms. The number of benzene rings is 1. The molecule has 3 aliphatic rings. The van der Waals surface area contributed by atoms with Crippen LogP contribution in [0.2, 0.25) is 0 Å². The summed E-state index contributed by atoms with van der Waals surface area (Å²) in [6.07, 6.45) is 12.2. The summed E-state index contributed by atoms with van der Waals surface area (Å²) in [6, 6.07) is 3.65. The Kier molecular flexibility index (Phi) is 7.76. The number of aliphatic hydroxyl groups is 1. The molecule has 1 aromatic carbocycles. The number of carbonyl (C=O) groups is 1. The summed E-state index contributed by atoms with van der Waals surface area (Å²) in [4.78, 5) is 12.7. The molecule has 1 N–H and O–H groups in total. The van der Waals surface area contributed by atoms with E-state index in [0.717, 1.165) is 24.3 Å². The quantitative estimate of drug-likeness (QED) is 0.396. The number of allylic oxidation sites excluding steroid dienone is 3. The molecular weight excluding hydrogens is 448 g/mol. The summed E-state index contributed by atoms with van der Waals surface area (Å²) in [5.74, 6) is 2.45. The molecule has 4 nitrogen and oxygen atoms in total. The lowest BCUT2D eigenvalue weighted by Crippen LogP contribution is -2.48. The number of ether oxygens (including phenoxy) is 2. The van der Waals surface area contributed by atoms with Crippen LogP contribution in [0.3, 0.4) is 0 Å². The van der Waals surface area contributed by atoms with E-state index in [1.807, 2.05) is 12.1 Å². The van der Waals surface area contributed by atoms with Gasteiger partial charge in [0.05, 0.1) is 25.9 Å². The first-order chi connectivity index (χ1) is 17.0. The first-order valence-electron chi connectivity index (χ1n) is 13.8. The largest absolute Gasteiger partial charge is 0.497 e. The summed E-state index contributed by atoms with van der Waals surface area (Å²) < 4.78 is 11.0. The number of carbonyl (C=O) groups excluding carboxylic acids is 1. The summed E-state index contributed by atoms with van der Waals surface area (Å²) in [6.45, 7) is 12.0. The van der Waals surface area contributed by atoms with E-state index in [1.54, 1.807) is 25.9 Å². The molecule has 0 radical (unpaired) electrons. The van der Waals surface area contributed by atoms with Crippen molar-refractivity contribution in [3.63, 3.8) is 0 Å². The third-order valence-corrected chi connectivity index (χ3v) is 9.91. The Bertz CT molecular complexity index is 1050. The molecule has 4 heteroatoms. The van der Waals surface area contributed by atoms with Crippen molar-refractivity contribution >= 4 is 5.78 Å². The second-order valence-electron chi connectivity index (χ2n) is 12.5. The Hall–Kier alpha value is -2.07. The minimum Gasteiger partial charge on any atom is -0.497 e. The summed E-state index contributed by atoms with van der Waals surface area (Å²) >= 11 is 0. The summed E-state index contributed by atoms with van der Waals surface area (Å²) in [7, 11) is 3.19. The van der Waals surface area contributed by atoms with Crippen LogP contribution in [-0.4, -0.2) is 31.2 Å². The van der Waals surface area contributed by atoms with Gasteiger partial charge in [0.15, 0.2) is 5.78 Å². The Balaban J connectivity index is 1.52. The van der Waals surface area contributed by atoms with E-state index < -0.39 is 6.10 Å². The Labute approximate surface area is 218 Å². The molecule has 5 unspecified atom stereocenters. The molecule has 0 spiro atoms. The Morgan fingerprint density at radius 1 is 1.19 bits per heavy atom. The van der Waals surface area contributed by atoms with Crippen molar-refractivity contribution in [2.45, 2.75) is 98.0 Å². The van der Waals surface area contributed by atoms with Crippen molar-refractivity contribution in [2.24, 2.45) is 22.7 Å². The topological polar surface area (TPSA) is 55.8 Å². The van der Waals surface area contributed by atoms with E-state index >= 15 is 0 Å². The molecule has 0 saturated heterocycles. The van der Waals surface area contributed by atoms with E-state index in [2.05, 4.69) is 40.7 Å². The van der Waals surface area contributed by atoms with Gasteiger partial charge in [0.2, 0.25) is 0 Å². The standard InChI is InChI=1S/C32H46O4/c1-20(9-12-25-21(2)10-14-29-31(3,4)15-8-16-32(25,29)5)17-27(34)23-11-13-26(33)30-24(23)18-22(35-6)19-28(30)36-7/h10,17-19,23,25,27,29,34H,8-9,11-16H2,1-7H3. The number of ketones is 1. The fraction of sp³-hybridized carbons (Fsp3) is 0.656. The van der Waals surface area contributed by atoms with E-state index in [-0.39, 0.29) is 11.7 Å². The zero-order valence-electron chi connectivity index (χ0n) is 23.4. The van der Waals surface area contributed by atoms with Gasteiger partial charge in [0, 0.05) is 18.4 Å². The molecule has 0 heterocycles. The average Bonchev–Trinajstić information content (AvgIpc) is 2.82. The van der Waals surface area contributed by atoms with E-state index in [4.69, 9.17) is 9.47 Å². The van der Waals surface area contributed by atoms with Gasteiger partial charge < -0.3 is 14.6 Å². The van der Waals surface area contributed by atoms with Crippen LogP contribution in [-0.2, 0) is 0 Å². The number of fused-ring (bicyclic) bond motifs is 2. The molecule has 4 rings (SSSR count). The van der Waals surface area contributed by atoms with Gasteiger partial charge in [0.25, 0.3) is 0 Å². The number of Topliss-reactive ketones (excluding diaryl/α,β-unsaturated/α-hetero) is 1. The predicted molar refractivity (Wildman–Crippen MR) is 146 cm³/mol. The van der Waals surface area contributed by atoms with Crippen molar-refractivity contribution in [3.8, 4) is 11.5 Å². The van der Waals surface area contributed by atoms with Crippen molar-refractivity contribution in [1.82, 2.24) is 0 Å². The number of hydrogen-bond acceptors (Lipinski definition) is 4. The van der Waals surface area contributed by atoms with Gasteiger partial charge in [-0.3, -0.25) is 4.79 Å². The maximum atomic E-state index is 12.7. The zero-order valence-corrected chi connectivity index (χ0v) is 23.4. The molecule has 0 aliphatic heterocycles. The van der Waals surface area contributed by atoms with Gasteiger partial charge in [-0.15, -0.1) is 0 Å². The van der Waals surface area contributed by atoms with E-state index in [1.165, 1.54) is 31.3 Å². The third kappa shape index (κ3) is 4.90. The van der Waals surface area contributed by atoms with Crippen molar-refractivity contribution in [1.29, 1.82) is 0 Å². The van der Waals surface area contributed by atoms with Crippen LogP contribution in [0.5, 0.6) is 11.5 Å². The molecule has 0 amide bonds. The van der Waals surface area contributed by atoms with Crippen LogP contribution in [0.1, 0.15) is 108 Å². The van der Waals surface area contributed by atoms with Gasteiger partial charge in [0.1, 0.15) is 11.5 Å². The molecule has 3 aliphatic carbocycles. The monoisotopic (exact) mass is 494 g/mol. The van der Waals surface area contributed by atoms with Crippen LogP contribution in [0.4, 0.5) is 0 Å². The van der Waals surface area contributed by atoms with Gasteiger partial charge in [-0.2, -0.15) is 0 Å². The zero-order chi connectivity index (χ0) is 26.3. The molecule has 0 aromatic heterocycles. The highest BCUT2D eigenvalue weighted by molar-refractivity contribution is 6.01. The number of methoxy groups -OCH3 is 2. The van der Waals surface area contributed by atoms with Gasteiger partial charge in [-0.1, -0.05) is 50.5 Å². The molecule has 0 bridgehead atoms. The average molecular weight is 495 g/mol. The van der Waals surface area contributed by atoms with Gasteiger partial charge >= 0.3 is 0 Å². The normalized spacial score (nSPS) is 30.7. The smallest absolute Gasteiger partial charge is 0.166 e. The lowest BCUT2D eigenvalue weighted by Gasteiger charge is -2.57. The highest BCUT2D eigenvalue weighted by Gasteiger charge is 2.51. The van der Waals surface area contributed by atoms with Crippen LogP contribution in [0, 0.1) is 22.7 Å².